The minimum Gasteiger partial charge on any atom is -0.394 e. The van der Waals surface area contributed by atoms with Crippen molar-refractivity contribution >= 4 is 21.6 Å². The second kappa shape index (κ2) is 7.19. The van der Waals surface area contributed by atoms with Gasteiger partial charge in [-0.25, -0.2) is 4.68 Å². The Morgan fingerprint density at radius 1 is 1.60 bits per heavy atom. The molecular weight excluding hydrogens is 324 g/mol. The molecule has 1 unspecified atom stereocenters. The number of aliphatic hydroxyl groups is 1. The highest BCUT2D eigenvalue weighted by molar-refractivity contribution is 9.10. The van der Waals surface area contributed by atoms with Crippen LogP contribution in [0.15, 0.2) is 15.5 Å². The number of nitrogens with zero attached hydrogens (tertiary/aromatic N) is 3. The molecule has 7 heteroatoms. The van der Waals surface area contributed by atoms with Crippen LogP contribution in [0, 0.1) is 0 Å². The van der Waals surface area contributed by atoms with Gasteiger partial charge in [-0.2, -0.15) is 5.10 Å². The van der Waals surface area contributed by atoms with Gasteiger partial charge < -0.3 is 15.3 Å². The molecule has 0 aromatic carbocycles. The maximum atomic E-state index is 12.1. The average molecular weight is 345 g/mol. The molecule has 20 heavy (non-hydrogen) atoms. The van der Waals surface area contributed by atoms with Gasteiger partial charge in [-0.15, -0.1) is 0 Å². The van der Waals surface area contributed by atoms with E-state index in [-0.39, 0.29) is 18.7 Å². The Bertz CT molecular complexity index is 500. The number of hydrogen-bond donors (Lipinski definition) is 2. The van der Waals surface area contributed by atoms with Crippen molar-refractivity contribution in [3.05, 3.63) is 21.0 Å². The standard InChI is InChI=1S/C13H21BrN4O2/c1-17(9-10-4-2-3-5-15-10)11-8-16-18(6-7-19)13(20)12(11)14/h8,10,15,19H,2-7,9H2,1H3. The summed E-state index contributed by atoms with van der Waals surface area (Å²) < 4.78 is 1.76. The smallest absolute Gasteiger partial charge is 0.283 e. The predicted molar refractivity (Wildman–Crippen MR) is 82.2 cm³/mol. The molecule has 0 amide bonds. The molecule has 1 atom stereocenters. The second-order valence-electron chi connectivity index (χ2n) is 5.12. The SMILES string of the molecule is CN(CC1CCCCN1)c1cnn(CCO)c(=O)c1Br. The van der Waals surface area contributed by atoms with Gasteiger partial charge in [0.15, 0.2) is 0 Å². The Balaban J connectivity index is 2.11. The predicted octanol–water partition coefficient (Wildman–Crippen LogP) is 0.576. The molecule has 2 N–H and O–H groups in total. The first-order chi connectivity index (χ1) is 9.63. The zero-order valence-electron chi connectivity index (χ0n) is 11.7. The number of anilines is 1. The van der Waals surface area contributed by atoms with Gasteiger partial charge in [0.2, 0.25) is 0 Å². The monoisotopic (exact) mass is 344 g/mol. The summed E-state index contributed by atoms with van der Waals surface area (Å²) in [5.74, 6) is 0. The lowest BCUT2D eigenvalue weighted by Crippen LogP contribution is -2.43. The molecule has 2 rings (SSSR count). The van der Waals surface area contributed by atoms with E-state index in [0.717, 1.165) is 25.2 Å². The molecule has 0 radical (unpaired) electrons. The summed E-state index contributed by atoms with van der Waals surface area (Å²) in [6, 6.07) is 0.459. The van der Waals surface area contributed by atoms with Gasteiger partial charge in [0.1, 0.15) is 4.47 Å². The van der Waals surface area contributed by atoms with Crippen LogP contribution in [0.2, 0.25) is 0 Å². The summed E-state index contributed by atoms with van der Waals surface area (Å²) in [4.78, 5) is 14.1. The van der Waals surface area contributed by atoms with E-state index in [1.165, 1.54) is 17.5 Å². The second-order valence-corrected chi connectivity index (χ2v) is 5.92. The van der Waals surface area contributed by atoms with Crippen molar-refractivity contribution in [3.8, 4) is 0 Å². The third-order valence-corrected chi connectivity index (χ3v) is 4.34. The highest BCUT2D eigenvalue weighted by atomic mass is 79.9. The number of nitrogens with one attached hydrogen (secondary N) is 1. The number of aliphatic hydroxyl groups excluding tert-OH is 1. The topological polar surface area (TPSA) is 70.4 Å². The highest BCUT2D eigenvalue weighted by Gasteiger charge is 2.18. The van der Waals surface area contributed by atoms with E-state index >= 15 is 0 Å². The lowest BCUT2D eigenvalue weighted by atomic mass is 10.0. The van der Waals surface area contributed by atoms with Gasteiger partial charge in [0.05, 0.1) is 25.0 Å². The zero-order chi connectivity index (χ0) is 14.5. The summed E-state index contributed by atoms with van der Waals surface area (Å²) >= 11 is 3.35. The van der Waals surface area contributed by atoms with Gasteiger partial charge in [-0.3, -0.25) is 4.79 Å². The van der Waals surface area contributed by atoms with E-state index in [1.54, 1.807) is 6.20 Å². The average Bonchev–Trinajstić information content (AvgIpc) is 2.45. The van der Waals surface area contributed by atoms with Crippen molar-refractivity contribution in [2.45, 2.75) is 31.8 Å². The quantitative estimate of drug-likeness (QED) is 0.817. The number of likely N-dealkylation sites (N-methyl/N-ethyl adjacent to an activating group) is 1. The van der Waals surface area contributed by atoms with Gasteiger partial charge in [0.25, 0.3) is 5.56 Å². The first kappa shape index (κ1) is 15.5. The first-order valence-electron chi connectivity index (χ1n) is 6.94. The van der Waals surface area contributed by atoms with Crippen molar-refractivity contribution in [2.75, 3.05) is 31.6 Å². The number of rotatable bonds is 5. The van der Waals surface area contributed by atoms with Crippen molar-refractivity contribution in [1.82, 2.24) is 15.1 Å². The van der Waals surface area contributed by atoms with Gasteiger partial charge >= 0.3 is 0 Å². The van der Waals surface area contributed by atoms with Crippen LogP contribution in [-0.2, 0) is 6.54 Å². The molecule has 1 aliphatic heterocycles. The summed E-state index contributed by atoms with van der Waals surface area (Å²) in [5.41, 5.74) is 0.580. The summed E-state index contributed by atoms with van der Waals surface area (Å²) in [7, 11) is 1.97. The molecule has 1 aromatic rings. The molecule has 6 nitrogen and oxygen atoms in total. The molecule has 0 bridgehead atoms. The Labute approximate surface area is 126 Å². The van der Waals surface area contributed by atoms with Gasteiger partial charge in [-0.1, -0.05) is 6.42 Å². The zero-order valence-corrected chi connectivity index (χ0v) is 13.3. The maximum Gasteiger partial charge on any atom is 0.283 e. The Morgan fingerprint density at radius 2 is 2.40 bits per heavy atom. The molecule has 112 valence electrons. The Morgan fingerprint density at radius 3 is 3.05 bits per heavy atom. The molecule has 0 saturated carbocycles. The van der Waals surface area contributed by atoms with E-state index in [0.29, 0.717) is 10.5 Å². The molecule has 2 heterocycles. The molecule has 1 fully saturated rings. The first-order valence-corrected chi connectivity index (χ1v) is 7.73. The van der Waals surface area contributed by atoms with Crippen molar-refractivity contribution in [1.29, 1.82) is 0 Å². The number of piperidine rings is 1. The minimum atomic E-state index is -0.208. The maximum absolute atomic E-state index is 12.1. The molecule has 1 aromatic heterocycles. The van der Waals surface area contributed by atoms with Crippen molar-refractivity contribution in [2.24, 2.45) is 0 Å². The largest absolute Gasteiger partial charge is 0.394 e. The fraction of sp³-hybridized carbons (Fsp3) is 0.692. The van der Waals surface area contributed by atoms with Gasteiger partial charge in [0, 0.05) is 19.6 Å². The summed E-state index contributed by atoms with van der Waals surface area (Å²) in [5, 5.41) is 16.5. The number of halogens is 1. The molecule has 0 aliphatic carbocycles. The van der Waals surface area contributed by atoms with E-state index in [4.69, 9.17) is 5.11 Å². The van der Waals surface area contributed by atoms with Crippen LogP contribution in [-0.4, -0.2) is 47.7 Å². The fourth-order valence-corrected chi connectivity index (χ4v) is 3.10. The van der Waals surface area contributed by atoms with Crippen LogP contribution in [0.4, 0.5) is 5.69 Å². The van der Waals surface area contributed by atoms with Crippen LogP contribution in [0.3, 0.4) is 0 Å². The minimum absolute atomic E-state index is 0.0967. The van der Waals surface area contributed by atoms with Crippen LogP contribution in [0.25, 0.3) is 0 Å². The van der Waals surface area contributed by atoms with E-state index in [2.05, 4.69) is 26.3 Å². The van der Waals surface area contributed by atoms with Crippen LogP contribution >= 0.6 is 15.9 Å². The third kappa shape index (κ3) is 3.59. The van der Waals surface area contributed by atoms with Crippen LogP contribution < -0.4 is 15.8 Å². The van der Waals surface area contributed by atoms with Crippen LogP contribution in [0.5, 0.6) is 0 Å². The molecule has 1 aliphatic rings. The lowest BCUT2D eigenvalue weighted by molar-refractivity contribution is 0.266. The third-order valence-electron chi connectivity index (χ3n) is 3.60. The fourth-order valence-electron chi connectivity index (χ4n) is 2.49. The molecule has 1 saturated heterocycles. The summed E-state index contributed by atoms with van der Waals surface area (Å²) in [6.45, 7) is 2.03. The number of hydrogen-bond acceptors (Lipinski definition) is 5. The van der Waals surface area contributed by atoms with E-state index < -0.39 is 0 Å². The lowest BCUT2D eigenvalue weighted by Gasteiger charge is -2.29. The Hall–Kier alpha value is -0.920. The summed E-state index contributed by atoms with van der Waals surface area (Å²) in [6.07, 6.45) is 5.33. The van der Waals surface area contributed by atoms with E-state index in [1.807, 2.05) is 11.9 Å². The van der Waals surface area contributed by atoms with Gasteiger partial charge in [-0.05, 0) is 35.3 Å². The van der Waals surface area contributed by atoms with Crippen molar-refractivity contribution in [3.63, 3.8) is 0 Å². The van der Waals surface area contributed by atoms with E-state index in [9.17, 15) is 4.79 Å². The normalized spacial score (nSPS) is 19.1. The van der Waals surface area contributed by atoms with Crippen molar-refractivity contribution < 1.29 is 5.11 Å². The number of aromatic nitrogens is 2. The Kier molecular flexibility index (Phi) is 5.56. The highest BCUT2D eigenvalue weighted by Crippen LogP contribution is 2.21. The van der Waals surface area contributed by atoms with Crippen LogP contribution in [0.1, 0.15) is 19.3 Å². The molecular formula is C13H21BrN4O2. The molecule has 0 spiro atoms.